The lowest BCUT2D eigenvalue weighted by atomic mass is 10.3. The number of rotatable bonds is 2. The smallest absolute Gasteiger partial charge is 0.225 e. The summed E-state index contributed by atoms with van der Waals surface area (Å²) >= 11 is 17.4. The van der Waals surface area contributed by atoms with Gasteiger partial charge in [-0.15, -0.1) is 0 Å². The summed E-state index contributed by atoms with van der Waals surface area (Å²) in [5, 5.41) is 3.42. The van der Waals surface area contributed by atoms with Crippen molar-refractivity contribution in [2.24, 2.45) is 0 Å². The zero-order chi connectivity index (χ0) is 11.5. The van der Waals surface area contributed by atoms with Gasteiger partial charge in [-0.3, -0.25) is 0 Å². The Labute approximate surface area is 107 Å². The van der Waals surface area contributed by atoms with E-state index in [1.807, 2.05) is 30.3 Å². The molecule has 16 heavy (non-hydrogen) atoms. The highest BCUT2D eigenvalue weighted by molar-refractivity contribution is 6.43. The largest absolute Gasteiger partial charge is 0.339 e. The number of benzene rings is 1. The molecule has 1 aromatic heterocycles. The summed E-state index contributed by atoms with van der Waals surface area (Å²) in [5.74, 6) is 0.387. The molecule has 0 aliphatic rings. The molecular weight excluding hydrogens is 268 g/mol. The van der Waals surface area contributed by atoms with Gasteiger partial charge in [-0.25, -0.2) is 4.98 Å². The zero-order valence-corrected chi connectivity index (χ0v) is 10.2. The topological polar surface area (TPSA) is 37.8 Å². The third kappa shape index (κ3) is 2.55. The molecule has 0 bridgehead atoms. The van der Waals surface area contributed by atoms with Gasteiger partial charge in [0.05, 0.1) is 0 Å². The second-order valence-corrected chi connectivity index (χ2v) is 4.01. The fourth-order valence-corrected chi connectivity index (χ4v) is 1.65. The van der Waals surface area contributed by atoms with E-state index in [0.717, 1.165) is 5.69 Å². The van der Waals surface area contributed by atoms with Gasteiger partial charge in [-0.2, -0.15) is 4.98 Å². The predicted molar refractivity (Wildman–Crippen MR) is 66.8 cm³/mol. The molecule has 82 valence electrons. The quantitative estimate of drug-likeness (QED) is 0.659. The van der Waals surface area contributed by atoms with Gasteiger partial charge < -0.3 is 5.32 Å². The maximum Gasteiger partial charge on any atom is 0.225 e. The Kier molecular flexibility index (Phi) is 3.49. The molecule has 0 saturated heterocycles. The average Bonchev–Trinajstić information content (AvgIpc) is 2.27. The highest BCUT2D eigenvalue weighted by Gasteiger charge is 2.10. The number of hydrogen-bond acceptors (Lipinski definition) is 3. The molecule has 0 aliphatic heterocycles. The summed E-state index contributed by atoms with van der Waals surface area (Å²) in [6, 6.07) is 9.44. The van der Waals surface area contributed by atoms with E-state index < -0.39 is 0 Å². The molecule has 1 aromatic carbocycles. The van der Waals surface area contributed by atoms with Crippen LogP contribution in [0.5, 0.6) is 0 Å². The van der Waals surface area contributed by atoms with Crippen LogP contribution in [0.4, 0.5) is 11.5 Å². The summed E-state index contributed by atoms with van der Waals surface area (Å²) in [6.45, 7) is 0. The van der Waals surface area contributed by atoms with Crippen molar-refractivity contribution in [3.63, 3.8) is 0 Å². The van der Waals surface area contributed by atoms with E-state index in [1.54, 1.807) is 0 Å². The van der Waals surface area contributed by atoms with Gasteiger partial charge in [0.2, 0.25) is 5.28 Å². The normalized spacial score (nSPS) is 10.2. The lowest BCUT2D eigenvalue weighted by Crippen LogP contribution is -1.97. The first kappa shape index (κ1) is 11.5. The summed E-state index contributed by atoms with van der Waals surface area (Å²) in [5.41, 5.74) is 0.843. The van der Waals surface area contributed by atoms with Crippen LogP contribution in [0.25, 0.3) is 0 Å². The van der Waals surface area contributed by atoms with Gasteiger partial charge in [0, 0.05) is 5.69 Å². The molecule has 0 fully saturated rings. The zero-order valence-electron chi connectivity index (χ0n) is 7.92. The second-order valence-electron chi connectivity index (χ2n) is 2.94. The molecule has 0 unspecified atom stereocenters. The lowest BCUT2D eigenvalue weighted by molar-refractivity contribution is 1.17. The maximum absolute atomic E-state index is 5.94. The standard InChI is InChI=1S/C10H6Cl3N3/c11-7-8(12)15-10(13)16-9(7)14-6-4-2-1-3-5-6/h1-5H,(H,14,15,16). The second kappa shape index (κ2) is 4.87. The summed E-state index contributed by atoms with van der Waals surface area (Å²) in [4.78, 5) is 7.68. The average molecular weight is 275 g/mol. The third-order valence-electron chi connectivity index (χ3n) is 1.82. The van der Waals surface area contributed by atoms with Crippen LogP contribution in [0.15, 0.2) is 30.3 Å². The van der Waals surface area contributed by atoms with Crippen LogP contribution in [0.1, 0.15) is 0 Å². The third-order valence-corrected chi connectivity index (χ3v) is 2.72. The number of para-hydroxylation sites is 1. The van der Waals surface area contributed by atoms with Crippen molar-refractivity contribution < 1.29 is 0 Å². The molecule has 0 spiro atoms. The van der Waals surface area contributed by atoms with Crippen molar-refractivity contribution in [3.8, 4) is 0 Å². The molecule has 0 amide bonds. The first-order valence-electron chi connectivity index (χ1n) is 4.37. The molecule has 6 heteroatoms. The van der Waals surface area contributed by atoms with E-state index in [2.05, 4.69) is 15.3 Å². The van der Waals surface area contributed by atoms with Crippen molar-refractivity contribution in [2.45, 2.75) is 0 Å². The highest BCUT2D eigenvalue weighted by atomic mass is 35.5. The number of aromatic nitrogens is 2. The molecule has 1 heterocycles. The Morgan fingerprint density at radius 2 is 1.62 bits per heavy atom. The van der Waals surface area contributed by atoms with Crippen molar-refractivity contribution in [1.82, 2.24) is 9.97 Å². The molecule has 0 aliphatic carbocycles. The molecule has 0 atom stereocenters. The first-order valence-corrected chi connectivity index (χ1v) is 5.51. The predicted octanol–water partition coefficient (Wildman–Crippen LogP) is 4.18. The number of anilines is 2. The molecule has 3 nitrogen and oxygen atoms in total. The van der Waals surface area contributed by atoms with E-state index >= 15 is 0 Å². The highest BCUT2D eigenvalue weighted by Crippen LogP contribution is 2.29. The van der Waals surface area contributed by atoms with Crippen LogP contribution in [0, 0.1) is 0 Å². The van der Waals surface area contributed by atoms with Crippen molar-refractivity contribution >= 4 is 46.3 Å². The SMILES string of the molecule is Clc1nc(Cl)c(Cl)c(Nc2ccccc2)n1. The minimum absolute atomic E-state index is 0.0489. The molecule has 0 radical (unpaired) electrons. The van der Waals surface area contributed by atoms with E-state index in [-0.39, 0.29) is 15.5 Å². The summed E-state index contributed by atoms with van der Waals surface area (Å²) < 4.78 is 0. The Balaban J connectivity index is 2.35. The van der Waals surface area contributed by atoms with Gasteiger partial charge in [0.15, 0.2) is 11.0 Å². The van der Waals surface area contributed by atoms with Crippen LogP contribution in [0.3, 0.4) is 0 Å². The van der Waals surface area contributed by atoms with Crippen LogP contribution in [-0.2, 0) is 0 Å². The maximum atomic E-state index is 5.94. The van der Waals surface area contributed by atoms with E-state index in [0.29, 0.717) is 5.82 Å². The molecule has 2 rings (SSSR count). The fourth-order valence-electron chi connectivity index (χ4n) is 1.14. The van der Waals surface area contributed by atoms with Gasteiger partial charge in [0.25, 0.3) is 0 Å². The Morgan fingerprint density at radius 1 is 0.938 bits per heavy atom. The minimum Gasteiger partial charge on any atom is -0.339 e. The Hall–Kier alpha value is -1.03. The lowest BCUT2D eigenvalue weighted by Gasteiger charge is -2.07. The Morgan fingerprint density at radius 3 is 2.31 bits per heavy atom. The van der Waals surface area contributed by atoms with Crippen LogP contribution >= 0.6 is 34.8 Å². The Bertz CT molecular complexity index is 502. The van der Waals surface area contributed by atoms with Crippen molar-refractivity contribution in [3.05, 3.63) is 45.8 Å². The number of halogens is 3. The molecule has 0 saturated carbocycles. The van der Waals surface area contributed by atoms with Gasteiger partial charge in [-0.05, 0) is 23.7 Å². The van der Waals surface area contributed by atoms with E-state index in [9.17, 15) is 0 Å². The van der Waals surface area contributed by atoms with Crippen LogP contribution < -0.4 is 5.32 Å². The van der Waals surface area contributed by atoms with Gasteiger partial charge in [-0.1, -0.05) is 41.4 Å². The molecule has 2 aromatic rings. The number of nitrogens with one attached hydrogen (secondary N) is 1. The van der Waals surface area contributed by atoms with Gasteiger partial charge >= 0.3 is 0 Å². The van der Waals surface area contributed by atoms with Crippen LogP contribution in [0.2, 0.25) is 15.5 Å². The number of nitrogens with zero attached hydrogens (tertiary/aromatic N) is 2. The first-order chi connectivity index (χ1) is 7.66. The monoisotopic (exact) mass is 273 g/mol. The fraction of sp³-hybridized carbons (Fsp3) is 0. The van der Waals surface area contributed by atoms with Gasteiger partial charge in [0.1, 0.15) is 5.02 Å². The molecular formula is C10H6Cl3N3. The summed E-state index contributed by atoms with van der Waals surface area (Å²) in [7, 11) is 0. The summed E-state index contributed by atoms with van der Waals surface area (Å²) in [6.07, 6.45) is 0. The van der Waals surface area contributed by atoms with E-state index in [4.69, 9.17) is 34.8 Å². The van der Waals surface area contributed by atoms with E-state index in [1.165, 1.54) is 0 Å². The molecule has 1 N–H and O–H groups in total. The number of hydrogen-bond donors (Lipinski definition) is 1. The van der Waals surface area contributed by atoms with Crippen molar-refractivity contribution in [2.75, 3.05) is 5.32 Å². The van der Waals surface area contributed by atoms with Crippen molar-refractivity contribution in [1.29, 1.82) is 0 Å². The minimum atomic E-state index is 0.0489. The van der Waals surface area contributed by atoms with Crippen LogP contribution in [-0.4, -0.2) is 9.97 Å².